The first-order chi connectivity index (χ1) is 10.2. The zero-order valence-corrected chi connectivity index (χ0v) is 12.7. The van der Waals surface area contributed by atoms with E-state index in [4.69, 9.17) is 18.6 Å². The monoisotopic (exact) mass is 292 g/mol. The lowest BCUT2D eigenvalue weighted by Crippen LogP contribution is -2.11. The Bertz CT molecular complexity index is 595. The quantitative estimate of drug-likeness (QED) is 0.845. The van der Waals surface area contributed by atoms with E-state index < -0.39 is 0 Å². The average Bonchev–Trinajstić information content (AvgIpc) is 3.00. The number of ether oxygens (including phenoxy) is 3. The first-order valence-corrected chi connectivity index (χ1v) is 6.69. The molecular weight excluding hydrogens is 272 g/mol. The molecule has 2 rings (SSSR count). The third kappa shape index (κ3) is 3.28. The van der Waals surface area contributed by atoms with Crippen LogP contribution in [0.15, 0.2) is 22.7 Å². The summed E-state index contributed by atoms with van der Waals surface area (Å²) in [5.74, 6) is 3.10. The van der Waals surface area contributed by atoms with Crippen LogP contribution >= 0.6 is 0 Å². The fourth-order valence-electron chi connectivity index (χ4n) is 1.97. The second kappa shape index (κ2) is 6.99. The molecule has 0 unspecified atom stereocenters. The van der Waals surface area contributed by atoms with Crippen LogP contribution in [0.3, 0.4) is 0 Å². The third-order valence-electron chi connectivity index (χ3n) is 3.05. The standard InChI is InChI=1S/C15H20N2O4/c1-5-16-9-15-17-8-14(21-15)10-6-12(19-3)13(20-4)7-11(10)18-2/h6-8,16H,5,9H2,1-4H3. The van der Waals surface area contributed by atoms with Gasteiger partial charge in [0, 0.05) is 6.07 Å². The lowest BCUT2D eigenvalue weighted by Gasteiger charge is -2.12. The summed E-state index contributed by atoms with van der Waals surface area (Å²) in [4.78, 5) is 4.25. The average molecular weight is 292 g/mol. The predicted molar refractivity (Wildman–Crippen MR) is 79.0 cm³/mol. The van der Waals surface area contributed by atoms with Gasteiger partial charge < -0.3 is 23.9 Å². The van der Waals surface area contributed by atoms with E-state index in [2.05, 4.69) is 10.3 Å². The van der Waals surface area contributed by atoms with E-state index in [0.29, 0.717) is 35.4 Å². The molecule has 6 heteroatoms. The number of hydrogen-bond acceptors (Lipinski definition) is 6. The van der Waals surface area contributed by atoms with Crippen molar-refractivity contribution in [3.8, 4) is 28.6 Å². The van der Waals surface area contributed by atoms with Gasteiger partial charge in [-0.2, -0.15) is 0 Å². The van der Waals surface area contributed by atoms with Crippen LogP contribution in [0.5, 0.6) is 17.2 Å². The van der Waals surface area contributed by atoms with Gasteiger partial charge in [-0.3, -0.25) is 0 Å². The van der Waals surface area contributed by atoms with Gasteiger partial charge in [-0.05, 0) is 12.6 Å². The van der Waals surface area contributed by atoms with Crippen molar-refractivity contribution in [2.45, 2.75) is 13.5 Å². The highest BCUT2D eigenvalue weighted by Crippen LogP contribution is 2.40. The van der Waals surface area contributed by atoms with Gasteiger partial charge in [0.2, 0.25) is 5.89 Å². The van der Waals surface area contributed by atoms with Crippen molar-refractivity contribution in [1.29, 1.82) is 0 Å². The molecule has 1 aromatic carbocycles. The Labute approximate surface area is 124 Å². The number of aromatic nitrogens is 1. The zero-order chi connectivity index (χ0) is 15.2. The SMILES string of the molecule is CCNCc1ncc(-c2cc(OC)c(OC)cc2OC)o1. The van der Waals surface area contributed by atoms with Crippen molar-refractivity contribution >= 4 is 0 Å². The molecule has 1 heterocycles. The molecule has 0 fully saturated rings. The Kier molecular flexibility index (Phi) is 5.05. The highest BCUT2D eigenvalue weighted by atomic mass is 16.5. The van der Waals surface area contributed by atoms with Gasteiger partial charge in [0.15, 0.2) is 17.3 Å². The summed E-state index contributed by atoms with van der Waals surface area (Å²) < 4.78 is 21.7. The molecule has 0 saturated carbocycles. The zero-order valence-electron chi connectivity index (χ0n) is 12.7. The number of nitrogens with zero attached hydrogens (tertiary/aromatic N) is 1. The highest BCUT2D eigenvalue weighted by Gasteiger charge is 2.16. The number of hydrogen-bond donors (Lipinski definition) is 1. The van der Waals surface area contributed by atoms with Crippen LogP contribution in [-0.2, 0) is 6.54 Å². The van der Waals surface area contributed by atoms with Crippen LogP contribution in [0.1, 0.15) is 12.8 Å². The summed E-state index contributed by atoms with van der Waals surface area (Å²) in [6.45, 7) is 3.48. The maximum Gasteiger partial charge on any atom is 0.208 e. The molecule has 0 aliphatic heterocycles. The van der Waals surface area contributed by atoms with Gasteiger partial charge in [0.25, 0.3) is 0 Å². The summed E-state index contributed by atoms with van der Waals surface area (Å²) in [7, 11) is 4.77. The van der Waals surface area contributed by atoms with E-state index in [0.717, 1.165) is 12.1 Å². The Balaban J connectivity index is 2.39. The summed E-state index contributed by atoms with van der Waals surface area (Å²) in [5, 5.41) is 3.17. The van der Waals surface area contributed by atoms with Gasteiger partial charge >= 0.3 is 0 Å². The van der Waals surface area contributed by atoms with Gasteiger partial charge in [-0.15, -0.1) is 0 Å². The highest BCUT2D eigenvalue weighted by molar-refractivity contribution is 5.70. The molecule has 0 aliphatic rings. The van der Waals surface area contributed by atoms with Crippen LogP contribution in [-0.4, -0.2) is 32.9 Å². The topological polar surface area (TPSA) is 65.8 Å². The Morgan fingerprint density at radius 2 is 1.71 bits per heavy atom. The van der Waals surface area contributed by atoms with Crippen molar-refractivity contribution in [2.24, 2.45) is 0 Å². The van der Waals surface area contributed by atoms with Crippen molar-refractivity contribution in [3.05, 3.63) is 24.2 Å². The largest absolute Gasteiger partial charge is 0.496 e. The van der Waals surface area contributed by atoms with Gasteiger partial charge in [-0.1, -0.05) is 6.92 Å². The lowest BCUT2D eigenvalue weighted by atomic mass is 10.1. The summed E-state index contributed by atoms with van der Waals surface area (Å²) in [6, 6.07) is 3.58. The molecule has 114 valence electrons. The van der Waals surface area contributed by atoms with E-state index in [1.165, 1.54) is 0 Å². The molecule has 0 atom stereocenters. The summed E-state index contributed by atoms with van der Waals surface area (Å²) >= 11 is 0. The molecule has 0 radical (unpaired) electrons. The summed E-state index contributed by atoms with van der Waals surface area (Å²) in [5.41, 5.74) is 0.769. The molecule has 2 aromatic rings. The van der Waals surface area contributed by atoms with Crippen molar-refractivity contribution in [1.82, 2.24) is 10.3 Å². The van der Waals surface area contributed by atoms with E-state index in [-0.39, 0.29) is 0 Å². The minimum Gasteiger partial charge on any atom is -0.496 e. The number of oxazole rings is 1. The smallest absolute Gasteiger partial charge is 0.208 e. The first-order valence-electron chi connectivity index (χ1n) is 6.69. The molecule has 1 N–H and O–H groups in total. The Morgan fingerprint density at radius 3 is 2.33 bits per heavy atom. The molecule has 21 heavy (non-hydrogen) atoms. The van der Waals surface area contributed by atoms with E-state index in [9.17, 15) is 0 Å². The van der Waals surface area contributed by atoms with Crippen molar-refractivity contribution in [3.63, 3.8) is 0 Å². The first kappa shape index (κ1) is 15.2. The fourth-order valence-corrected chi connectivity index (χ4v) is 1.97. The molecule has 0 aliphatic carbocycles. The van der Waals surface area contributed by atoms with Crippen LogP contribution in [0, 0.1) is 0 Å². The minimum absolute atomic E-state index is 0.589. The predicted octanol–water partition coefficient (Wildman–Crippen LogP) is 2.48. The normalized spacial score (nSPS) is 10.5. The van der Waals surface area contributed by atoms with Gasteiger partial charge in [-0.25, -0.2) is 4.98 Å². The van der Waals surface area contributed by atoms with Crippen molar-refractivity contribution in [2.75, 3.05) is 27.9 Å². The maximum absolute atomic E-state index is 5.74. The number of benzene rings is 1. The lowest BCUT2D eigenvalue weighted by molar-refractivity contribution is 0.349. The van der Waals surface area contributed by atoms with Crippen LogP contribution in [0.4, 0.5) is 0 Å². The van der Waals surface area contributed by atoms with E-state index >= 15 is 0 Å². The van der Waals surface area contributed by atoms with Crippen LogP contribution < -0.4 is 19.5 Å². The second-order valence-corrected chi connectivity index (χ2v) is 4.31. The van der Waals surface area contributed by atoms with E-state index in [1.54, 1.807) is 33.6 Å². The third-order valence-corrected chi connectivity index (χ3v) is 3.05. The Morgan fingerprint density at radius 1 is 1.05 bits per heavy atom. The molecule has 6 nitrogen and oxygen atoms in total. The number of methoxy groups -OCH3 is 3. The van der Waals surface area contributed by atoms with Gasteiger partial charge in [0.05, 0.1) is 39.6 Å². The number of nitrogens with one attached hydrogen (secondary N) is 1. The molecule has 1 aromatic heterocycles. The van der Waals surface area contributed by atoms with Crippen molar-refractivity contribution < 1.29 is 18.6 Å². The van der Waals surface area contributed by atoms with Crippen LogP contribution in [0.2, 0.25) is 0 Å². The second-order valence-electron chi connectivity index (χ2n) is 4.31. The molecule has 0 bridgehead atoms. The molecule has 0 amide bonds. The fraction of sp³-hybridized carbons (Fsp3) is 0.400. The maximum atomic E-state index is 5.74. The summed E-state index contributed by atoms with van der Waals surface area (Å²) in [6.07, 6.45) is 1.68. The molecular formula is C15H20N2O4. The minimum atomic E-state index is 0.589. The van der Waals surface area contributed by atoms with Crippen LogP contribution in [0.25, 0.3) is 11.3 Å². The van der Waals surface area contributed by atoms with E-state index in [1.807, 2.05) is 13.0 Å². The number of rotatable bonds is 7. The molecule has 0 spiro atoms. The van der Waals surface area contributed by atoms with Gasteiger partial charge in [0.1, 0.15) is 5.75 Å². The Hall–Kier alpha value is -2.21. The molecule has 0 saturated heterocycles.